The summed E-state index contributed by atoms with van der Waals surface area (Å²) in [6, 6.07) is 15.8. The van der Waals surface area contributed by atoms with E-state index in [9.17, 15) is 4.79 Å². The smallest absolute Gasteiger partial charge is 0.340 e. The van der Waals surface area contributed by atoms with Crippen LogP contribution in [0.2, 0.25) is 0 Å². The van der Waals surface area contributed by atoms with E-state index in [0.717, 1.165) is 6.42 Å². The van der Waals surface area contributed by atoms with Gasteiger partial charge in [0.1, 0.15) is 0 Å². The second-order valence-corrected chi connectivity index (χ2v) is 7.72. The molecule has 1 heterocycles. The molecule has 1 aliphatic heterocycles. The van der Waals surface area contributed by atoms with E-state index in [1.165, 1.54) is 16.8 Å². The molecule has 0 saturated carbocycles. The molecule has 0 aromatic heterocycles. The van der Waals surface area contributed by atoms with Crippen LogP contribution in [-0.4, -0.2) is 17.7 Å². The summed E-state index contributed by atoms with van der Waals surface area (Å²) < 4.78 is 5.83. The summed E-state index contributed by atoms with van der Waals surface area (Å²) in [5, 5.41) is 0. The van der Waals surface area contributed by atoms with Crippen LogP contribution in [0, 0.1) is 6.92 Å². The van der Waals surface area contributed by atoms with E-state index in [-0.39, 0.29) is 17.7 Å². The van der Waals surface area contributed by atoms with Crippen molar-refractivity contribution in [3.05, 3.63) is 65.2 Å². The third-order valence-corrected chi connectivity index (χ3v) is 5.08. The van der Waals surface area contributed by atoms with Crippen LogP contribution in [0.4, 0.5) is 5.69 Å². The molecule has 0 aliphatic carbocycles. The molecule has 3 heteroatoms. The van der Waals surface area contributed by atoms with Crippen molar-refractivity contribution in [2.75, 3.05) is 4.90 Å². The minimum atomic E-state index is -0.337. The molecule has 0 N–H and O–H groups in total. The summed E-state index contributed by atoms with van der Waals surface area (Å²) in [6.07, 6.45) is 0.687. The van der Waals surface area contributed by atoms with Gasteiger partial charge in [0.05, 0.1) is 5.56 Å². The number of nitrogens with zero attached hydrogens (tertiary/aromatic N) is 1. The maximum Gasteiger partial charge on any atom is 0.340 e. The zero-order valence-electron chi connectivity index (χ0n) is 15.7. The monoisotopic (exact) mass is 337 g/mol. The summed E-state index contributed by atoms with van der Waals surface area (Å²) in [5.41, 5.74) is 4.22. The number of carbonyl (C=O) groups is 1. The van der Waals surface area contributed by atoms with E-state index in [0.29, 0.717) is 11.5 Å². The first-order chi connectivity index (χ1) is 11.8. The predicted octanol–water partition coefficient (Wildman–Crippen LogP) is 5.29. The number of ether oxygens (including phenoxy) is 1. The molecule has 0 amide bonds. The lowest BCUT2D eigenvalue weighted by Crippen LogP contribution is -2.54. The molecule has 2 unspecified atom stereocenters. The molecule has 0 fully saturated rings. The highest BCUT2D eigenvalue weighted by molar-refractivity contribution is 5.89. The number of anilines is 1. The Hall–Kier alpha value is -2.29. The quantitative estimate of drug-likeness (QED) is 0.713. The highest BCUT2D eigenvalue weighted by Crippen LogP contribution is 2.44. The van der Waals surface area contributed by atoms with Gasteiger partial charge in [-0.2, -0.15) is 0 Å². The number of hydrogen-bond acceptors (Lipinski definition) is 3. The number of fused-ring (bicyclic) bond motifs is 1. The van der Waals surface area contributed by atoms with Gasteiger partial charge in [0.25, 0.3) is 0 Å². The lowest BCUT2D eigenvalue weighted by molar-refractivity contribution is 0.0281. The first-order valence-electron chi connectivity index (χ1n) is 8.95. The molecule has 2 aromatic carbocycles. The number of hydrogen-bond donors (Lipinski definition) is 0. The van der Waals surface area contributed by atoms with Crippen molar-refractivity contribution in [2.24, 2.45) is 0 Å². The number of carbonyl (C=O) groups excluding carboxylic acids is 1. The van der Waals surface area contributed by atoms with Gasteiger partial charge in [-0.3, -0.25) is 0 Å². The van der Waals surface area contributed by atoms with Crippen molar-refractivity contribution in [1.82, 2.24) is 0 Å². The van der Waals surface area contributed by atoms with E-state index >= 15 is 0 Å². The molecule has 0 spiro atoms. The van der Waals surface area contributed by atoms with Crippen LogP contribution in [0.5, 0.6) is 0 Å². The summed E-state index contributed by atoms with van der Waals surface area (Å²) in [6.45, 7) is 10.8. The second-order valence-electron chi connectivity index (χ2n) is 7.72. The minimum absolute atomic E-state index is 0.0867. The van der Waals surface area contributed by atoms with Gasteiger partial charge >= 0.3 is 5.97 Å². The Kier molecular flexibility index (Phi) is 4.59. The van der Waals surface area contributed by atoms with Crippen LogP contribution in [0.25, 0.3) is 0 Å². The Morgan fingerprint density at radius 3 is 2.56 bits per heavy atom. The zero-order valence-corrected chi connectivity index (χ0v) is 15.7. The van der Waals surface area contributed by atoms with Crippen molar-refractivity contribution in [2.45, 2.75) is 58.7 Å². The molecule has 3 nitrogen and oxygen atoms in total. The molecular formula is C22H27NO2. The first kappa shape index (κ1) is 17.5. The maximum atomic E-state index is 12.5. The fraction of sp³-hybridized carbons (Fsp3) is 0.409. The first-order valence-corrected chi connectivity index (χ1v) is 8.95. The highest BCUT2D eigenvalue weighted by Gasteiger charge is 2.40. The fourth-order valence-electron chi connectivity index (χ4n) is 4.10. The van der Waals surface area contributed by atoms with Crippen LogP contribution < -0.4 is 4.90 Å². The topological polar surface area (TPSA) is 29.5 Å². The van der Waals surface area contributed by atoms with Gasteiger partial charge in [-0.15, -0.1) is 0 Å². The lowest BCUT2D eigenvalue weighted by Gasteiger charge is -2.49. The second kappa shape index (κ2) is 6.55. The van der Waals surface area contributed by atoms with Crippen LogP contribution in [0.3, 0.4) is 0 Å². The molecular weight excluding hydrogens is 310 g/mol. The lowest BCUT2D eigenvalue weighted by atomic mass is 9.79. The van der Waals surface area contributed by atoms with Crippen LogP contribution >= 0.6 is 0 Å². The van der Waals surface area contributed by atoms with Crippen LogP contribution in [0.15, 0.2) is 48.5 Å². The fourth-order valence-corrected chi connectivity index (χ4v) is 4.10. The van der Waals surface area contributed by atoms with Crippen molar-refractivity contribution in [3.8, 4) is 0 Å². The van der Waals surface area contributed by atoms with E-state index < -0.39 is 0 Å². The molecule has 2 atom stereocenters. The number of rotatable bonds is 3. The van der Waals surface area contributed by atoms with Crippen molar-refractivity contribution < 1.29 is 9.53 Å². The van der Waals surface area contributed by atoms with Gasteiger partial charge in [-0.05, 0) is 69.4 Å². The minimum Gasteiger partial charge on any atom is -0.438 e. The van der Waals surface area contributed by atoms with E-state index in [1.54, 1.807) is 12.1 Å². The van der Waals surface area contributed by atoms with Gasteiger partial charge < -0.3 is 9.64 Å². The molecule has 2 aromatic rings. The van der Waals surface area contributed by atoms with Crippen molar-refractivity contribution >= 4 is 11.7 Å². The predicted molar refractivity (Wildman–Crippen MR) is 102 cm³/mol. The highest BCUT2D eigenvalue weighted by atomic mass is 16.6. The van der Waals surface area contributed by atoms with Crippen molar-refractivity contribution in [1.29, 1.82) is 0 Å². The normalized spacial score (nSPS) is 19.9. The van der Waals surface area contributed by atoms with Gasteiger partial charge in [0.15, 0.2) is 6.23 Å². The molecule has 3 rings (SSSR count). The standard InChI is InChI=1S/C22H27NO2/c1-15-11-12-19-16(2)14-22(4,5)23(20(19)13-15)17(3)25-21(24)18-9-7-6-8-10-18/h6-13,16-17H,14H2,1-5H3. The SMILES string of the molecule is Cc1ccc2c(c1)N(C(C)OC(=O)c1ccccc1)C(C)(C)CC2C. The van der Waals surface area contributed by atoms with Gasteiger partial charge in [-0.1, -0.05) is 37.3 Å². The zero-order chi connectivity index (χ0) is 18.2. The van der Waals surface area contributed by atoms with Gasteiger partial charge in [0, 0.05) is 11.2 Å². The number of esters is 1. The van der Waals surface area contributed by atoms with E-state index in [1.807, 2.05) is 25.1 Å². The molecule has 1 aliphatic rings. The largest absolute Gasteiger partial charge is 0.438 e. The van der Waals surface area contributed by atoms with E-state index in [2.05, 4.69) is 50.8 Å². The van der Waals surface area contributed by atoms with E-state index in [4.69, 9.17) is 4.74 Å². The Morgan fingerprint density at radius 2 is 1.88 bits per heavy atom. The molecule has 0 radical (unpaired) electrons. The molecule has 0 saturated heterocycles. The number of aryl methyl sites for hydroxylation is 1. The summed E-state index contributed by atoms with van der Waals surface area (Å²) in [4.78, 5) is 14.8. The molecule has 25 heavy (non-hydrogen) atoms. The Balaban J connectivity index is 1.93. The maximum absolute atomic E-state index is 12.5. The van der Waals surface area contributed by atoms with Crippen LogP contribution in [0.1, 0.15) is 61.5 Å². The average molecular weight is 337 g/mol. The van der Waals surface area contributed by atoms with Crippen LogP contribution in [-0.2, 0) is 4.74 Å². The average Bonchev–Trinajstić information content (AvgIpc) is 2.54. The van der Waals surface area contributed by atoms with Crippen molar-refractivity contribution in [3.63, 3.8) is 0 Å². The summed E-state index contributed by atoms with van der Waals surface area (Å²) >= 11 is 0. The summed E-state index contributed by atoms with van der Waals surface area (Å²) in [7, 11) is 0. The Bertz CT molecular complexity index is 767. The molecule has 132 valence electrons. The number of benzene rings is 2. The third-order valence-electron chi connectivity index (χ3n) is 5.08. The summed E-state index contributed by atoms with van der Waals surface area (Å²) in [5.74, 6) is 0.204. The Morgan fingerprint density at radius 1 is 1.20 bits per heavy atom. The third kappa shape index (κ3) is 3.41. The Labute approximate surface area is 150 Å². The molecule has 0 bridgehead atoms. The van der Waals surface area contributed by atoms with Gasteiger partial charge in [-0.25, -0.2) is 4.79 Å². The van der Waals surface area contributed by atoms with Gasteiger partial charge in [0.2, 0.25) is 0 Å².